The van der Waals surface area contributed by atoms with Crippen molar-refractivity contribution in [2.45, 2.75) is 114 Å². The van der Waals surface area contributed by atoms with E-state index in [0.717, 1.165) is 10.4 Å². The predicted octanol–water partition coefficient (Wildman–Crippen LogP) is 6.87. The van der Waals surface area contributed by atoms with Crippen molar-refractivity contribution in [1.29, 1.82) is 0 Å². The number of unbranched alkanes of at least 4 members (excludes halogenated alkanes) is 15. The maximum absolute atomic E-state index is 10.0. The van der Waals surface area contributed by atoms with Gasteiger partial charge in [0.05, 0.1) is 0 Å². The van der Waals surface area contributed by atoms with Gasteiger partial charge in [-0.2, -0.15) is 0 Å². The molecule has 4 nitrogen and oxygen atoms in total. The van der Waals surface area contributed by atoms with E-state index in [1.54, 1.807) is 0 Å². The van der Waals surface area contributed by atoms with Gasteiger partial charge in [0.15, 0.2) is 0 Å². The van der Waals surface area contributed by atoms with Gasteiger partial charge in [-0.25, -0.2) is 0 Å². The summed E-state index contributed by atoms with van der Waals surface area (Å²) in [6.07, 6.45) is 22.0. The summed E-state index contributed by atoms with van der Waals surface area (Å²) in [6, 6.07) is 0. The first-order valence-electron chi connectivity index (χ1n) is 10.0. The zero-order valence-corrected chi connectivity index (χ0v) is 20.9. The van der Waals surface area contributed by atoms with Crippen LogP contribution >= 0.6 is 0 Å². The Labute approximate surface area is 156 Å². The van der Waals surface area contributed by atoms with Crippen molar-refractivity contribution in [2.24, 2.45) is 0 Å². The molecule has 0 aliphatic carbocycles. The minimum atomic E-state index is -1.59. The molecule has 0 radical (unpaired) electrons. The van der Waals surface area contributed by atoms with Crippen LogP contribution in [0.1, 0.15) is 110 Å². The number of rotatable bonds is 19. The van der Waals surface area contributed by atoms with Crippen molar-refractivity contribution in [3.8, 4) is 0 Å². The zero-order chi connectivity index (χ0) is 17.0. The summed E-state index contributed by atoms with van der Waals surface area (Å²) >= 11 is -1.59. The molecule has 0 heterocycles. The van der Waals surface area contributed by atoms with E-state index in [1.807, 2.05) is 0 Å². The van der Waals surface area contributed by atoms with Crippen LogP contribution in [-0.4, -0.2) is 5.09 Å². The second-order valence-corrected chi connectivity index (χ2v) is 12.1. The van der Waals surface area contributed by atoms with Gasteiger partial charge in [-0.1, -0.05) is 39.0 Å². The fraction of sp³-hybridized carbons (Fsp3) is 1.00. The Kier molecular flexibility index (Phi) is 20.3. The van der Waals surface area contributed by atoms with Gasteiger partial charge in [-0.15, -0.1) is 0 Å². The van der Waals surface area contributed by atoms with Crippen molar-refractivity contribution < 1.29 is 32.9 Å². The Bertz CT molecular complexity index is 252. The minimum absolute atomic E-state index is 0.603. The molecule has 0 rings (SSSR count). The van der Waals surface area contributed by atoms with Gasteiger partial charge < -0.3 is 0 Å². The third-order valence-corrected chi connectivity index (χ3v) is 9.04. The normalized spacial score (nSPS) is 10.5. The Morgan fingerprint density at radius 1 is 0.696 bits per heavy atom. The molecule has 0 saturated carbocycles. The molecule has 0 aliphatic rings. The van der Waals surface area contributed by atoms with Crippen LogP contribution in [-0.2, 0) is 27.8 Å². The van der Waals surface area contributed by atoms with Gasteiger partial charge >= 0.3 is 118 Å². The molecule has 0 amide bonds. The van der Waals surface area contributed by atoms with Gasteiger partial charge in [0.1, 0.15) is 0 Å². The molecule has 0 aromatic carbocycles. The molecular formula is C18H37HgNO3. The predicted molar refractivity (Wildman–Crippen MR) is 92.4 cm³/mol. The van der Waals surface area contributed by atoms with Crippen molar-refractivity contribution in [2.75, 3.05) is 0 Å². The standard InChI is InChI=1S/C18H37.Hg.NO3/c1-3-5-7-9-11-13-15-17-18-16-14-12-10-8-6-4-2;;2-1(3)4/h1,3-18H2,2H3;;/q;+1;-1. The molecule has 0 aliphatic heterocycles. The molecule has 0 aromatic heterocycles. The van der Waals surface area contributed by atoms with E-state index >= 15 is 0 Å². The molecule has 0 bridgehead atoms. The third-order valence-electron chi connectivity index (χ3n) is 4.44. The fourth-order valence-corrected chi connectivity index (χ4v) is 6.22. The van der Waals surface area contributed by atoms with E-state index in [0.29, 0.717) is 0 Å². The van der Waals surface area contributed by atoms with Crippen molar-refractivity contribution >= 4 is 0 Å². The fourth-order valence-electron chi connectivity index (χ4n) is 2.97. The van der Waals surface area contributed by atoms with Crippen LogP contribution in [0.4, 0.5) is 0 Å². The second-order valence-electron chi connectivity index (χ2n) is 6.71. The monoisotopic (exact) mass is 517 g/mol. The molecule has 0 aromatic rings. The van der Waals surface area contributed by atoms with Crippen molar-refractivity contribution in [3.63, 3.8) is 0 Å². The van der Waals surface area contributed by atoms with Crippen LogP contribution in [0.5, 0.6) is 0 Å². The SMILES string of the molecule is CCCCCCCCCCCCCCCCC[CH2][Hg][O][N+](=O)[O-]. The van der Waals surface area contributed by atoms with Gasteiger partial charge in [-0.05, 0) is 0 Å². The van der Waals surface area contributed by atoms with E-state index in [2.05, 4.69) is 9.67 Å². The second kappa shape index (κ2) is 20.2. The average molecular weight is 516 g/mol. The van der Waals surface area contributed by atoms with Crippen LogP contribution in [0.25, 0.3) is 0 Å². The molecule has 5 heteroatoms. The number of hydrogen-bond acceptors (Lipinski definition) is 3. The number of nitrogens with zero attached hydrogens (tertiary/aromatic N) is 1. The topological polar surface area (TPSA) is 52.4 Å². The summed E-state index contributed by atoms with van der Waals surface area (Å²) in [5.74, 6) is 0. The molecule has 0 atom stereocenters. The van der Waals surface area contributed by atoms with Crippen LogP contribution in [0.3, 0.4) is 0 Å². The van der Waals surface area contributed by atoms with Crippen LogP contribution < -0.4 is 0 Å². The molecule has 0 fully saturated rings. The van der Waals surface area contributed by atoms with E-state index < -0.39 is 30.1 Å². The average Bonchev–Trinajstić information content (AvgIpc) is 2.53. The van der Waals surface area contributed by atoms with Gasteiger partial charge in [0, 0.05) is 0 Å². The first-order chi connectivity index (χ1) is 11.3. The zero-order valence-electron chi connectivity index (χ0n) is 15.4. The summed E-state index contributed by atoms with van der Waals surface area (Å²) in [5.41, 5.74) is 0. The molecule has 0 spiro atoms. The quantitative estimate of drug-likeness (QED) is 0.0816. The maximum atomic E-state index is 10.0. The van der Waals surface area contributed by atoms with Crippen molar-refractivity contribution in [1.82, 2.24) is 0 Å². The molecule has 23 heavy (non-hydrogen) atoms. The Balaban J connectivity index is 2.96. The third kappa shape index (κ3) is 22.1. The van der Waals surface area contributed by atoms with E-state index in [1.165, 1.54) is 96.3 Å². The molecule has 0 unspecified atom stereocenters. The Morgan fingerprint density at radius 3 is 1.39 bits per heavy atom. The summed E-state index contributed by atoms with van der Waals surface area (Å²) in [7, 11) is 0. The molecular weight excluding hydrogens is 479 g/mol. The first-order valence-corrected chi connectivity index (χ1v) is 16.2. The molecule has 0 N–H and O–H groups in total. The summed E-state index contributed by atoms with van der Waals surface area (Å²) in [4.78, 5) is 10.0. The van der Waals surface area contributed by atoms with Crippen molar-refractivity contribution in [3.05, 3.63) is 10.1 Å². The Hall–Kier alpha value is 0.135. The van der Waals surface area contributed by atoms with Crippen LogP contribution in [0.15, 0.2) is 0 Å². The van der Waals surface area contributed by atoms with Crippen LogP contribution in [0, 0.1) is 10.1 Å². The van der Waals surface area contributed by atoms with Gasteiger partial charge in [0.25, 0.3) is 0 Å². The van der Waals surface area contributed by atoms with E-state index in [-0.39, 0.29) is 0 Å². The summed E-state index contributed by atoms with van der Waals surface area (Å²) < 4.78 is 5.54. The Morgan fingerprint density at radius 2 is 1.04 bits per heavy atom. The summed E-state index contributed by atoms with van der Waals surface area (Å²) in [6.45, 7) is 2.27. The van der Waals surface area contributed by atoms with Crippen LogP contribution in [0.2, 0.25) is 3.93 Å². The van der Waals surface area contributed by atoms with E-state index in [9.17, 15) is 10.1 Å². The first kappa shape index (κ1) is 23.1. The number of hydrogen-bond donors (Lipinski definition) is 0. The van der Waals surface area contributed by atoms with Gasteiger partial charge in [-0.3, -0.25) is 0 Å². The van der Waals surface area contributed by atoms with Gasteiger partial charge in [0.2, 0.25) is 0 Å². The molecule has 0 saturated heterocycles. The summed E-state index contributed by atoms with van der Waals surface area (Å²) in [5, 5.41) is 9.41. The van der Waals surface area contributed by atoms with E-state index in [4.69, 9.17) is 0 Å². The molecule has 134 valence electrons.